The lowest BCUT2D eigenvalue weighted by Crippen LogP contribution is -2.62. The van der Waals surface area contributed by atoms with E-state index >= 15 is 0 Å². The summed E-state index contributed by atoms with van der Waals surface area (Å²) in [5.74, 6) is 0. The average molecular weight is 482 g/mol. The molecule has 0 amide bonds. The quantitative estimate of drug-likeness (QED) is 0.218. The topological polar surface area (TPSA) is 237 Å². The highest BCUT2D eigenvalue weighted by atomic mass is 31.3. The summed E-state index contributed by atoms with van der Waals surface area (Å²) in [5.41, 5.74) is -1.66. The molecule has 0 aliphatic carbocycles. The molecule has 0 spiro atoms. The number of rotatable bonds is 4. The third-order valence-corrected chi connectivity index (χ3v) is 9.13. The number of nitrogens with one attached hydrogen (secondary N) is 1. The third kappa shape index (κ3) is 4.66. The number of aliphatic hydroxyl groups excluding tert-OH is 2. The molecule has 3 heterocycles. The highest BCUT2D eigenvalue weighted by molar-refractivity contribution is 7.74. The van der Waals surface area contributed by atoms with Crippen LogP contribution in [0, 0.1) is 0 Å². The highest BCUT2D eigenvalue weighted by Gasteiger charge is 2.55. The van der Waals surface area contributed by atoms with Gasteiger partial charge in [0.05, 0.1) is 13.7 Å². The Morgan fingerprint density at radius 3 is 2.31 bits per heavy atom. The molecule has 5 N–H and O–H groups in total. The fourth-order valence-electron chi connectivity index (χ4n) is 2.46. The molecule has 6 atom stereocenters. The molecule has 0 aromatic carbocycles. The van der Waals surface area contributed by atoms with E-state index in [4.69, 9.17) is 14.5 Å². The Kier molecular flexibility index (Phi) is 5.90. The van der Waals surface area contributed by atoms with E-state index in [2.05, 4.69) is 22.4 Å². The van der Waals surface area contributed by atoms with Crippen molar-refractivity contribution in [2.75, 3.05) is 6.61 Å². The molecule has 1 aromatic rings. The van der Waals surface area contributed by atoms with Crippen molar-refractivity contribution in [3.8, 4) is 0 Å². The Bertz CT molecular complexity index is 1040. The fourth-order valence-corrected chi connectivity index (χ4v) is 7.39. The van der Waals surface area contributed by atoms with Crippen LogP contribution in [0.2, 0.25) is 0 Å². The Labute approximate surface area is 159 Å². The zero-order chi connectivity index (χ0) is 21.8. The zero-order valence-electron chi connectivity index (χ0n) is 14.2. The second kappa shape index (κ2) is 7.57. The molecule has 0 bridgehead atoms. The maximum Gasteiger partial charge on any atom is 0.492 e. The van der Waals surface area contributed by atoms with Crippen molar-refractivity contribution in [1.82, 2.24) is 9.55 Å². The van der Waals surface area contributed by atoms with Gasteiger partial charge in [-0.25, -0.2) is 28.3 Å². The van der Waals surface area contributed by atoms with Crippen molar-refractivity contribution in [3.05, 3.63) is 27.3 Å². The first-order valence-corrected chi connectivity index (χ1v) is 11.9. The van der Waals surface area contributed by atoms with E-state index in [9.17, 15) is 33.5 Å². The Morgan fingerprint density at radius 1 is 1.14 bits per heavy atom. The van der Waals surface area contributed by atoms with E-state index in [1.54, 1.807) is 0 Å². The Balaban J connectivity index is 1.76. The van der Waals surface area contributed by atoms with E-state index in [0.717, 1.165) is 17.9 Å². The van der Waals surface area contributed by atoms with Crippen LogP contribution < -0.4 is 15.9 Å². The van der Waals surface area contributed by atoms with E-state index in [1.165, 1.54) is 0 Å². The van der Waals surface area contributed by atoms with Gasteiger partial charge in [0.1, 0.15) is 18.3 Å². The largest absolute Gasteiger partial charge is 0.492 e. The van der Waals surface area contributed by atoms with Gasteiger partial charge in [0.15, 0.2) is 6.33 Å². The van der Waals surface area contributed by atoms with Gasteiger partial charge in [0, 0.05) is 0 Å². The number of nitrogens with zero attached hydrogens (tertiary/aromatic N) is 2. The summed E-state index contributed by atoms with van der Waals surface area (Å²) in [6, 6.07) is 0. The van der Waals surface area contributed by atoms with Crippen LogP contribution in [-0.4, -0.2) is 54.5 Å². The van der Waals surface area contributed by atoms with Crippen LogP contribution in [0.3, 0.4) is 0 Å². The summed E-state index contributed by atoms with van der Waals surface area (Å²) in [4.78, 5) is 44.0. The van der Waals surface area contributed by atoms with Crippen LogP contribution in [-0.2, 0) is 42.9 Å². The van der Waals surface area contributed by atoms with Crippen molar-refractivity contribution >= 4 is 23.5 Å². The minimum Gasteiger partial charge on any atom is -0.387 e. The van der Waals surface area contributed by atoms with Crippen molar-refractivity contribution in [1.29, 1.82) is 0 Å². The molecule has 164 valence electrons. The highest BCUT2D eigenvalue weighted by Crippen LogP contribution is 2.79. The molecule has 0 radical (unpaired) electrons. The lowest BCUT2D eigenvalue weighted by molar-refractivity contribution is -0.783. The van der Waals surface area contributed by atoms with Crippen molar-refractivity contribution in [2.45, 2.75) is 24.5 Å². The van der Waals surface area contributed by atoms with Crippen molar-refractivity contribution < 1.29 is 60.5 Å². The second-order valence-corrected chi connectivity index (χ2v) is 10.8. The Hall–Kier alpha value is -1.06. The van der Waals surface area contributed by atoms with Crippen LogP contribution in [0.4, 0.5) is 0 Å². The van der Waals surface area contributed by atoms with Gasteiger partial charge in [-0.3, -0.25) is 4.52 Å². The van der Waals surface area contributed by atoms with Gasteiger partial charge < -0.3 is 24.7 Å². The molecule has 20 heteroatoms. The number of aromatic nitrogens is 3. The monoisotopic (exact) mass is 482 g/mol. The minimum atomic E-state index is -5.26. The van der Waals surface area contributed by atoms with Gasteiger partial charge in [-0.15, -0.1) is 0 Å². The molecule has 3 rings (SSSR count). The SMILES string of the molecule is Cn1c(=O)[nH]c[n+]([C@@H]2O[C@H](COP3(=O)OP(=O)(O)OP(=O)(O)O3)[C@H](O)C2O)c1=O. The van der Waals surface area contributed by atoms with E-state index < -0.39 is 66.0 Å². The van der Waals surface area contributed by atoms with Crippen LogP contribution in [0.25, 0.3) is 0 Å². The molecule has 2 fully saturated rings. The molecule has 2 aliphatic rings. The van der Waals surface area contributed by atoms with Crippen molar-refractivity contribution in [3.63, 3.8) is 0 Å². The molecular formula is C9H15N3O14P3+. The number of phosphoric acid groups is 3. The number of H-pyrrole nitrogens is 1. The summed E-state index contributed by atoms with van der Waals surface area (Å²) < 4.78 is 58.0. The summed E-state index contributed by atoms with van der Waals surface area (Å²) in [7, 11) is -14.5. The van der Waals surface area contributed by atoms with Crippen molar-refractivity contribution in [2.24, 2.45) is 7.05 Å². The van der Waals surface area contributed by atoms with Gasteiger partial charge in [-0.2, -0.15) is 22.1 Å². The first-order chi connectivity index (χ1) is 13.2. The van der Waals surface area contributed by atoms with Crippen LogP contribution in [0.5, 0.6) is 0 Å². The molecule has 29 heavy (non-hydrogen) atoms. The smallest absolute Gasteiger partial charge is 0.387 e. The number of aromatic amines is 1. The first-order valence-electron chi connectivity index (χ1n) is 7.49. The molecular weight excluding hydrogens is 467 g/mol. The molecule has 3 unspecified atom stereocenters. The second-order valence-electron chi connectivity index (χ2n) is 5.80. The fraction of sp³-hybridized carbons (Fsp3) is 0.667. The van der Waals surface area contributed by atoms with Crippen LogP contribution >= 0.6 is 23.5 Å². The normalized spacial score (nSPS) is 42.8. The predicted molar refractivity (Wildman–Crippen MR) is 84.9 cm³/mol. The van der Waals surface area contributed by atoms with Gasteiger partial charge in [-0.1, -0.05) is 0 Å². The molecule has 2 saturated heterocycles. The summed E-state index contributed by atoms with van der Waals surface area (Å²) in [6.07, 6.45) is -5.59. The molecule has 0 saturated carbocycles. The number of hydrogen-bond donors (Lipinski definition) is 5. The molecule has 1 aromatic heterocycles. The summed E-state index contributed by atoms with van der Waals surface area (Å²) in [5, 5.41) is 20.2. The van der Waals surface area contributed by atoms with E-state index in [1.807, 2.05) is 0 Å². The number of aliphatic hydroxyl groups is 2. The third-order valence-electron chi connectivity index (χ3n) is 3.76. The summed E-state index contributed by atoms with van der Waals surface area (Å²) >= 11 is 0. The van der Waals surface area contributed by atoms with Gasteiger partial charge in [0.25, 0.3) is 0 Å². The number of hydrogen-bond acceptors (Lipinski definition) is 12. The van der Waals surface area contributed by atoms with Gasteiger partial charge in [0.2, 0.25) is 6.23 Å². The van der Waals surface area contributed by atoms with Gasteiger partial charge >= 0.3 is 34.8 Å². The molecule has 2 aliphatic heterocycles. The number of ether oxygens (including phenoxy) is 1. The predicted octanol–water partition coefficient (Wildman–Crippen LogP) is -2.63. The standard InChI is InChI=1S/C9H14N3O14P3/c1-11-8(15)10-3-12(9(11)16)7-6(14)5(13)4(23-7)2-22-29(21)25-27(17,18)24-28(19,20)26-29/h3-7,13-14H,2H2,1H3,(H2,17,18,19,20)/p+1/t4-,5+,6?,7-/m1/s1. The van der Waals surface area contributed by atoms with Gasteiger partial charge in [-0.05, 0) is 0 Å². The minimum absolute atomic E-state index is 0.658. The maximum atomic E-state index is 12.2. The maximum absolute atomic E-state index is 12.2. The van der Waals surface area contributed by atoms with Crippen LogP contribution in [0.15, 0.2) is 15.9 Å². The zero-order valence-corrected chi connectivity index (χ0v) is 16.9. The molecule has 17 nitrogen and oxygen atoms in total. The first kappa shape index (κ1) is 22.6. The summed E-state index contributed by atoms with van der Waals surface area (Å²) in [6.45, 7) is -0.934. The van der Waals surface area contributed by atoms with E-state index in [-0.39, 0.29) is 0 Å². The Morgan fingerprint density at radius 2 is 1.72 bits per heavy atom. The van der Waals surface area contributed by atoms with Crippen LogP contribution in [0.1, 0.15) is 6.23 Å². The lowest BCUT2D eigenvalue weighted by atomic mass is 10.1. The van der Waals surface area contributed by atoms with E-state index in [0.29, 0.717) is 4.57 Å². The lowest BCUT2D eigenvalue weighted by Gasteiger charge is -2.27. The average Bonchev–Trinajstić information content (AvgIpc) is 2.83.